The molecule has 1 saturated heterocycles. The van der Waals surface area contributed by atoms with Crippen LogP contribution in [0.2, 0.25) is 0 Å². The number of hydrogen-bond acceptors (Lipinski definition) is 2. The van der Waals surface area contributed by atoms with Gasteiger partial charge in [-0.15, -0.1) is 0 Å². The highest BCUT2D eigenvalue weighted by Crippen LogP contribution is 2.36. The number of likely N-dealkylation sites (N-methyl/N-ethyl adjacent to an activating group) is 1. The molecule has 2 heteroatoms. The van der Waals surface area contributed by atoms with E-state index in [2.05, 4.69) is 37.6 Å². The van der Waals surface area contributed by atoms with Gasteiger partial charge in [0.1, 0.15) is 0 Å². The third-order valence-corrected chi connectivity index (χ3v) is 4.99. The Labute approximate surface area is 107 Å². The van der Waals surface area contributed by atoms with Crippen LogP contribution in [0.15, 0.2) is 0 Å². The molecule has 1 aliphatic heterocycles. The Kier molecular flexibility index (Phi) is 4.48. The lowest BCUT2D eigenvalue weighted by Gasteiger charge is -2.46. The van der Waals surface area contributed by atoms with Crippen molar-refractivity contribution >= 4 is 0 Å². The highest BCUT2D eigenvalue weighted by Gasteiger charge is 2.35. The van der Waals surface area contributed by atoms with Gasteiger partial charge in [0.05, 0.1) is 0 Å². The predicted molar refractivity (Wildman–Crippen MR) is 74.2 cm³/mol. The van der Waals surface area contributed by atoms with Crippen molar-refractivity contribution in [3.63, 3.8) is 0 Å². The Morgan fingerprint density at radius 2 is 1.65 bits per heavy atom. The molecule has 1 heterocycles. The van der Waals surface area contributed by atoms with Crippen LogP contribution in [0, 0.1) is 17.8 Å². The van der Waals surface area contributed by atoms with Crippen molar-refractivity contribution in [2.24, 2.45) is 17.8 Å². The van der Waals surface area contributed by atoms with Gasteiger partial charge in [0.25, 0.3) is 0 Å². The van der Waals surface area contributed by atoms with Gasteiger partial charge in [-0.2, -0.15) is 0 Å². The number of hydrogen-bond donors (Lipinski definition) is 0. The van der Waals surface area contributed by atoms with Gasteiger partial charge in [0.2, 0.25) is 0 Å². The average molecular weight is 238 g/mol. The third kappa shape index (κ3) is 3.23. The van der Waals surface area contributed by atoms with Crippen molar-refractivity contribution in [1.29, 1.82) is 0 Å². The van der Waals surface area contributed by atoms with Gasteiger partial charge in [-0.3, -0.25) is 4.90 Å². The molecule has 1 saturated carbocycles. The van der Waals surface area contributed by atoms with E-state index in [1.807, 2.05) is 0 Å². The Hall–Kier alpha value is -0.0800. The van der Waals surface area contributed by atoms with E-state index in [0.29, 0.717) is 0 Å². The maximum absolute atomic E-state index is 2.79. The maximum Gasteiger partial charge on any atom is 0.0130 e. The molecule has 1 aliphatic carbocycles. The first-order valence-electron chi connectivity index (χ1n) is 7.50. The van der Waals surface area contributed by atoms with Gasteiger partial charge in [0.15, 0.2) is 0 Å². The van der Waals surface area contributed by atoms with Crippen LogP contribution in [0.5, 0.6) is 0 Å². The summed E-state index contributed by atoms with van der Waals surface area (Å²) in [6.07, 6.45) is 4.34. The number of rotatable bonds is 2. The van der Waals surface area contributed by atoms with E-state index in [1.165, 1.54) is 45.4 Å². The third-order valence-electron chi connectivity index (χ3n) is 4.99. The molecular formula is C15H30N2. The second kappa shape index (κ2) is 5.71. The largest absolute Gasteiger partial charge is 0.304 e. The summed E-state index contributed by atoms with van der Waals surface area (Å²) < 4.78 is 0. The first kappa shape index (κ1) is 13.4. The molecule has 2 fully saturated rings. The Bertz CT molecular complexity index is 231. The van der Waals surface area contributed by atoms with Gasteiger partial charge in [-0.1, -0.05) is 27.2 Å². The van der Waals surface area contributed by atoms with Crippen LogP contribution in [0.3, 0.4) is 0 Å². The van der Waals surface area contributed by atoms with Crippen molar-refractivity contribution in [3.05, 3.63) is 0 Å². The molecule has 0 N–H and O–H groups in total. The summed E-state index contributed by atoms with van der Waals surface area (Å²) in [6.45, 7) is 12.4. The summed E-state index contributed by atoms with van der Waals surface area (Å²) in [5, 5.41) is 0. The van der Waals surface area contributed by atoms with E-state index in [4.69, 9.17) is 0 Å². The number of piperazine rings is 1. The lowest BCUT2D eigenvalue weighted by Crippen LogP contribution is -2.53. The van der Waals surface area contributed by atoms with E-state index >= 15 is 0 Å². The molecule has 0 spiro atoms. The maximum atomic E-state index is 2.79. The van der Waals surface area contributed by atoms with Crippen LogP contribution in [-0.4, -0.2) is 49.1 Å². The first-order chi connectivity index (χ1) is 8.08. The van der Waals surface area contributed by atoms with Crippen molar-refractivity contribution in [2.75, 3.05) is 33.2 Å². The van der Waals surface area contributed by atoms with Crippen molar-refractivity contribution < 1.29 is 0 Å². The Balaban J connectivity index is 1.99. The summed E-state index contributed by atoms with van der Waals surface area (Å²) in [4.78, 5) is 5.26. The van der Waals surface area contributed by atoms with Crippen LogP contribution in [0.1, 0.15) is 40.0 Å². The molecule has 17 heavy (non-hydrogen) atoms. The summed E-state index contributed by atoms with van der Waals surface area (Å²) in [6, 6.07) is 0.868. The van der Waals surface area contributed by atoms with E-state index < -0.39 is 0 Å². The fraction of sp³-hybridized carbons (Fsp3) is 1.00. The number of nitrogens with zero attached hydrogens (tertiary/aromatic N) is 2. The summed E-state index contributed by atoms with van der Waals surface area (Å²) >= 11 is 0. The molecule has 0 aromatic rings. The van der Waals surface area contributed by atoms with E-state index in [9.17, 15) is 0 Å². The molecule has 0 unspecified atom stereocenters. The molecule has 0 amide bonds. The molecule has 0 aromatic carbocycles. The van der Waals surface area contributed by atoms with Crippen molar-refractivity contribution in [1.82, 2.24) is 9.80 Å². The minimum Gasteiger partial charge on any atom is -0.304 e. The zero-order chi connectivity index (χ0) is 12.4. The molecule has 2 rings (SSSR count). The molecule has 0 bridgehead atoms. The molecule has 0 radical (unpaired) electrons. The SMILES string of the molecule is CC(C)[C@@H]1CC[C@@H](C)C[C@H]1N1CCN(C)CC1. The monoisotopic (exact) mass is 238 g/mol. The van der Waals surface area contributed by atoms with E-state index in [-0.39, 0.29) is 0 Å². The second-order valence-corrected chi connectivity index (χ2v) is 6.73. The fourth-order valence-corrected chi connectivity index (χ4v) is 3.73. The first-order valence-corrected chi connectivity index (χ1v) is 7.50. The summed E-state index contributed by atoms with van der Waals surface area (Å²) in [7, 11) is 2.25. The summed E-state index contributed by atoms with van der Waals surface area (Å²) in [5.74, 6) is 2.73. The van der Waals surface area contributed by atoms with Crippen molar-refractivity contribution in [2.45, 2.75) is 46.1 Å². The minimum atomic E-state index is 0.854. The van der Waals surface area contributed by atoms with Crippen LogP contribution in [0.25, 0.3) is 0 Å². The van der Waals surface area contributed by atoms with Crippen LogP contribution < -0.4 is 0 Å². The molecular weight excluding hydrogens is 208 g/mol. The van der Waals surface area contributed by atoms with Crippen molar-refractivity contribution in [3.8, 4) is 0 Å². The van der Waals surface area contributed by atoms with Crippen LogP contribution in [-0.2, 0) is 0 Å². The van der Waals surface area contributed by atoms with Gasteiger partial charge in [-0.25, -0.2) is 0 Å². The standard InChI is InChI=1S/C15H30N2/c1-12(2)14-6-5-13(3)11-15(14)17-9-7-16(4)8-10-17/h12-15H,5-11H2,1-4H3/t13-,14+,15-/m1/s1. The second-order valence-electron chi connectivity index (χ2n) is 6.73. The highest BCUT2D eigenvalue weighted by molar-refractivity contribution is 4.89. The normalized spacial score (nSPS) is 37.6. The zero-order valence-corrected chi connectivity index (χ0v) is 12.2. The van der Waals surface area contributed by atoms with Gasteiger partial charge >= 0.3 is 0 Å². The van der Waals surface area contributed by atoms with Gasteiger partial charge in [-0.05, 0) is 37.6 Å². The topological polar surface area (TPSA) is 6.48 Å². The Morgan fingerprint density at radius 1 is 1.00 bits per heavy atom. The van der Waals surface area contributed by atoms with Gasteiger partial charge in [0, 0.05) is 32.2 Å². The molecule has 2 nitrogen and oxygen atoms in total. The molecule has 100 valence electrons. The van der Waals surface area contributed by atoms with E-state index in [1.54, 1.807) is 0 Å². The van der Waals surface area contributed by atoms with E-state index in [0.717, 1.165) is 23.8 Å². The molecule has 0 aromatic heterocycles. The lowest BCUT2D eigenvalue weighted by molar-refractivity contribution is 0.0285. The summed E-state index contributed by atoms with van der Waals surface area (Å²) in [5.41, 5.74) is 0. The fourth-order valence-electron chi connectivity index (χ4n) is 3.73. The van der Waals surface area contributed by atoms with Gasteiger partial charge < -0.3 is 4.90 Å². The average Bonchev–Trinajstić information content (AvgIpc) is 2.29. The molecule has 2 aliphatic rings. The lowest BCUT2D eigenvalue weighted by atomic mass is 9.73. The quantitative estimate of drug-likeness (QED) is 0.730. The van der Waals surface area contributed by atoms with Crippen LogP contribution >= 0.6 is 0 Å². The van der Waals surface area contributed by atoms with Crippen LogP contribution in [0.4, 0.5) is 0 Å². The smallest absolute Gasteiger partial charge is 0.0130 e. The predicted octanol–water partition coefficient (Wildman–Crippen LogP) is 2.69. The highest BCUT2D eigenvalue weighted by atomic mass is 15.3. The minimum absolute atomic E-state index is 0.854. The molecule has 3 atom stereocenters. The zero-order valence-electron chi connectivity index (χ0n) is 12.2. The Morgan fingerprint density at radius 3 is 2.24 bits per heavy atom.